The Morgan fingerprint density at radius 1 is 1.29 bits per heavy atom. The number of carbonyl (C=O) groups is 1. The fraction of sp³-hybridized carbons (Fsp3) is 0.357. The van der Waals surface area contributed by atoms with E-state index in [0.29, 0.717) is 0 Å². The van der Waals surface area contributed by atoms with E-state index in [2.05, 4.69) is 35.8 Å². The van der Waals surface area contributed by atoms with Gasteiger partial charge >= 0.3 is 0 Å². The van der Waals surface area contributed by atoms with Gasteiger partial charge in [0.2, 0.25) is 0 Å². The minimum atomic E-state index is 0.118. The molecule has 0 aliphatic rings. The van der Waals surface area contributed by atoms with Gasteiger partial charge in [0.1, 0.15) is 0 Å². The van der Waals surface area contributed by atoms with E-state index in [-0.39, 0.29) is 5.78 Å². The number of fused-ring (bicyclic) bond motifs is 1. The third kappa shape index (κ3) is 2.56. The SMILES string of the molecule is CC(=O)c1ccc2c(ccn2CCN(C)C)c1. The first kappa shape index (κ1) is 11.9. The van der Waals surface area contributed by atoms with E-state index in [1.807, 2.05) is 18.2 Å². The standard InChI is InChI=1S/C14H18N2O/c1-11(17)12-4-5-14-13(10-12)6-7-16(14)9-8-15(2)3/h4-7,10H,8-9H2,1-3H3. The maximum Gasteiger partial charge on any atom is 0.159 e. The first-order chi connectivity index (χ1) is 8.08. The van der Waals surface area contributed by atoms with Crippen molar-refractivity contribution in [3.8, 4) is 0 Å². The molecule has 0 saturated carbocycles. The highest BCUT2D eigenvalue weighted by atomic mass is 16.1. The molecule has 3 nitrogen and oxygen atoms in total. The highest BCUT2D eigenvalue weighted by Crippen LogP contribution is 2.18. The van der Waals surface area contributed by atoms with Crippen LogP contribution in [0.2, 0.25) is 0 Å². The first-order valence-corrected chi connectivity index (χ1v) is 5.82. The van der Waals surface area contributed by atoms with Gasteiger partial charge in [-0.3, -0.25) is 4.79 Å². The third-order valence-electron chi connectivity index (χ3n) is 2.97. The number of aromatic nitrogens is 1. The summed E-state index contributed by atoms with van der Waals surface area (Å²) in [4.78, 5) is 13.5. The lowest BCUT2D eigenvalue weighted by atomic mass is 10.1. The van der Waals surface area contributed by atoms with Crippen LogP contribution in [0.5, 0.6) is 0 Å². The molecule has 0 N–H and O–H groups in total. The van der Waals surface area contributed by atoms with Crippen molar-refractivity contribution in [2.24, 2.45) is 0 Å². The average Bonchev–Trinajstić information content (AvgIpc) is 2.68. The van der Waals surface area contributed by atoms with Crippen LogP contribution in [0, 0.1) is 0 Å². The second-order valence-electron chi connectivity index (χ2n) is 4.64. The summed E-state index contributed by atoms with van der Waals surface area (Å²) in [7, 11) is 4.14. The predicted octanol–water partition coefficient (Wildman–Crippen LogP) is 2.41. The fourth-order valence-corrected chi connectivity index (χ4v) is 1.92. The quantitative estimate of drug-likeness (QED) is 0.754. The summed E-state index contributed by atoms with van der Waals surface area (Å²) in [6.07, 6.45) is 2.08. The number of carbonyl (C=O) groups excluding carboxylic acids is 1. The van der Waals surface area contributed by atoms with E-state index in [1.165, 1.54) is 5.52 Å². The molecule has 2 aromatic rings. The van der Waals surface area contributed by atoms with Gasteiger partial charge in [-0.15, -0.1) is 0 Å². The Balaban J connectivity index is 2.31. The summed E-state index contributed by atoms with van der Waals surface area (Å²) in [5.41, 5.74) is 1.97. The number of likely N-dealkylation sites (N-methyl/N-ethyl adjacent to an activating group) is 1. The summed E-state index contributed by atoms with van der Waals surface area (Å²) in [5.74, 6) is 0.118. The molecule has 0 spiro atoms. The smallest absolute Gasteiger partial charge is 0.159 e. The zero-order valence-electron chi connectivity index (χ0n) is 10.6. The molecule has 0 fully saturated rings. The van der Waals surface area contributed by atoms with Crippen LogP contribution in [0.4, 0.5) is 0 Å². The van der Waals surface area contributed by atoms with E-state index < -0.39 is 0 Å². The molecule has 0 aliphatic carbocycles. The summed E-state index contributed by atoms with van der Waals surface area (Å²) < 4.78 is 2.22. The van der Waals surface area contributed by atoms with Crippen molar-refractivity contribution in [3.05, 3.63) is 36.0 Å². The number of ketones is 1. The Hall–Kier alpha value is -1.61. The van der Waals surface area contributed by atoms with Crippen LogP contribution in [0.3, 0.4) is 0 Å². The zero-order valence-corrected chi connectivity index (χ0v) is 10.6. The second-order valence-corrected chi connectivity index (χ2v) is 4.64. The monoisotopic (exact) mass is 230 g/mol. The number of nitrogens with zero attached hydrogens (tertiary/aromatic N) is 2. The van der Waals surface area contributed by atoms with Crippen molar-refractivity contribution >= 4 is 16.7 Å². The molecule has 1 heterocycles. The Kier molecular flexibility index (Phi) is 3.29. The van der Waals surface area contributed by atoms with Crippen molar-refractivity contribution in [1.82, 2.24) is 9.47 Å². The van der Waals surface area contributed by atoms with Crippen molar-refractivity contribution in [1.29, 1.82) is 0 Å². The molecule has 3 heteroatoms. The van der Waals surface area contributed by atoms with Gasteiger partial charge in [-0.2, -0.15) is 0 Å². The number of benzene rings is 1. The Morgan fingerprint density at radius 2 is 2.06 bits per heavy atom. The van der Waals surface area contributed by atoms with Crippen LogP contribution in [-0.4, -0.2) is 35.9 Å². The predicted molar refractivity (Wildman–Crippen MR) is 70.5 cm³/mol. The third-order valence-corrected chi connectivity index (χ3v) is 2.97. The normalized spacial score (nSPS) is 11.3. The highest BCUT2D eigenvalue weighted by Gasteiger charge is 2.04. The van der Waals surface area contributed by atoms with Gasteiger partial charge in [0.15, 0.2) is 5.78 Å². The maximum atomic E-state index is 11.3. The maximum absolute atomic E-state index is 11.3. The molecule has 0 amide bonds. The van der Waals surface area contributed by atoms with Crippen LogP contribution in [0.15, 0.2) is 30.5 Å². The van der Waals surface area contributed by atoms with Crippen LogP contribution in [0.25, 0.3) is 10.9 Å². The summed E-state index contributed by atoms with van der Waals surface area (Å²) in [6.45, 7) is 3.58. The van der Waals surface area contributed by atoms with Gasteiger partial charge in [0.25, 0.3) is 0 Å². The Bertz CT molecular complexity index is 540. The second kappa shape index (κ2) is 4.72. The lowest BCUT2D eigenvalue weighted by Crippen LogP contribution is -2.17. The molecular weight excluding hydrogens is 212 g/mol. The minimum absolute atomic E-state index is 0.118. The molecule has 0 saturated heterocycles. The fourth-order valence-electron chi connectivity index (χ4n) is 1.92. The molecule has 0 radical (unpaired) electrons. The van der Waals surface area contributed by atoms with Gasteiger partial charge in [0.05, 0.1) is 0 Å². The van der Waals surface area contributed by atoms with Crippen LogP contribution in [-0.2, 0) is 6.54 Å². The van der Waals surface area contributed by atoms with Crippen molar-refractivity contribution in [2.45, 2.75) is 13.5 Å². The number of Topliss-reactive ketones (excluding diaryl/α,β-unsaturated/α-hetero) is 1. The lowest BCUT2D eigenvalue weighted by molar-refractivity contribution is 0.101. The first-order valence-electron chi connectivity index (χ1n) is 5.82. The van der Waals surface area contributed by atoms with E-state index in [4.69, 9.17) is 0 Å². The van der Waals surface area contributed by atoms with E-state index in [1.54, 1.807) is 6.92 Å². The van der Waals surface area contributed by atoms with E-state index >= 15 is 0 Å². The highest BCUT2D eigenvalue weighted by molar-refractivity contribution is 5.98. The van der Waals surface area contributed by atoms with Gasteiger partial charge in [-0.05, 0) is 45.3 Å². The van der Waals surface area contributed by atoms with Gasteiger partial charge < -0.3 is 9.47 Å². The summed E-state index contributed by atoms with van der Waals surface area (Å²) in [6, 6.07) is 7.96. The molecular formula is C14H18N2O. The molecule has 0 aliphatic heterocycles. The largest absolute Gasteiger partial charge is 0.346 e. The Morgan fingerprint density at radius 3 is 2.71 bits per heavy atom. The van der Waals surface area contributed by atoms with Gasteiger partial charge in [0, 0.05) is 35.8 Å². The van der Waals surface area contributed by atoms with Crippen molar-refractivity contribution in [3.63, 3.8) is 0 Å². The molecule has 0 bridgehead atoms. The van der Waals surface area contributed by atoms with Crippen molar-refractivity contribution in [2.75, 3.05) is 20.6 Å². The Labute approximate surface area is 102 Å². The van der Waals surface area contributed by atoms with Gasteiger partial charge in [-0.1, -0.05) is 0 Å². The molecule has 1 aromatic heterocycles. The van der Waals surface area contributed by atoms with E-state index in [9.17, 15) is 4.79 Å². The molecule has 90 valence electrons. The van der Waals surface area contributed by atoms with Gasteiger partial charge in [-0.25, -0.2) is 0 Å². The van der Waals surface area contributed by atoms with Crippen molar-refractivity contribution < 1.29 is 4.79 Å². The lowest BCUT2D eigenvalue weighted by Gasteiger charge is -2.11. The zero-order chi connectivity index (χ0) is 12.4. The van der Waals surface area contributed by atoms with Crippen LogP contribution < -0.4 is 0 Å². The number of rotatable bonds is 4. The van der Waals surface area contributed by atoms with Crippen LogP contribution in [0.1, 0.15) is 17.3 Å². The summed E-state index contributed by atoms with van der Waals surface area (Å²) >= 11 is 0. The average molecular weight is 230 g/mol. The minimum Gasteiger partial charge on any atom is -0.346 e. The molecule has 0 unspecified atom stereocenters. The number of hydrogen-bond acceptors (Lipinski definition) is 2. The topological polar surface area (TPSA) is 25.2 Å². The summed E-state index contributed by atoms with van der Waals surface area (Å²) in [5, 5.41) is 1.14. The molecule has 1 aromatic carbocycles. The number of hydrogen-bond donors (Lipinski definition) is 0. The van der Waals surface area contributed by atoms with Crippen LogP contribution >= 0.6 is 0 Å². The molecule has 2 rings (SSSR count). The van der Waals surface area contributed by atoms with E-state index in [0.717, 1.165) is 24.0 Å². The molecule has 17 heavy (non-hydrogen) atoms. The molecule has 0 atom stereocenters.